The molecule has 0 saturated carbocycles. The number of hydrogen-bond acceptors (Lipinski definition) is 6. The topological polar surface area (TPSA) is 102 Å². The normalized spacial score (nSPS) is 16.3. The highest BCUT2D eigenvalue weighted by molar-refractivity contribution is 7.88. The molecule has 1 aliphatic rings. The number of methoxy groups -OCH3 is 1. The van der Waals surface area contributed by atoms with Gasteiger partial charge in [0.1, 0.15) is 5.75 Å². The Morgan fingerprint density at radius 1 is 1.03 bits per heavy atom. The average Bonchev–Trinajstić information content (AvgIpc) is 2.78. The molecule has 0 aliphatic carbocycles. The summed E-state index contributed by atoms with van der Waals surface area (Å²) in [6, 6.07) is 15.6. The lowest BCUT2D eigenvalue weighted by Gasteiger charge is -2.30. The molecular weight excluding hydrogens is 420 g/mol. The van der Waals surface area contributed by atoms with E-state index in [1.807, 2.05) is 6.07 Å². The molecule has 166 valence electrons. The largest absolute Gasteiger partial charge is 0.497 e. The van der Waals surface area contributed by atoms with Crippen LogP contribution in [0.5, 0.6) is 5.75 Å². The Balaban J connectivity index is 1.70. The molecule has 1 aliphatic heterocycles. The minimum absolute atomic E-state index is 0.257. The molecule has 1 heterocycles. The number of sulfonamides is 1. The highest BCUT2D eigenvalue weighted by Gasteiger charge is 2.33. The summed E-state index contributed by atoms with van der Waals surface area (Å²) in [7, 11) is -1.73. The molecule has 0 aromatic heterocycles. The molecule has 8 nitrogen and oxygen atoms in total. The van der Waals surface area contributed by atoms with Gasteiger partial charge in [0.05, 0.1) is 19.3 Å². The second kappa shape index (κ2) is 9.93. The predicted molar refractivity (Wildman–Crippen MR) is 116 cm³/mol. The van der Waals surface area contributed by atoms with Gasteiger partial charge in [-0.25, -0.2) is 12.7 Å². The summed E-state index contributed by atoms with van der Waals surface area (Å²) in [5.74, 6) is -0.785. The summed E-state index contributed by atoms with van der Waals surface area (Å²) < 4.78 is 35.5. The van der Waals surface area contributed by atoms with Gasteiger partial charge in [0.25, 0.3) is 5.91 Å². The summed E-state index contributed by atoms with van der Waals surface area (Å²) in [5.41, 5.74) is 1.10. The van der Waals surface area contributed by atoms with Gasteiger partial charge < -0.3 is 14.8 Å². The number of carbonyl (C=O) groups is 2. The van der Waals surface area contributed by atoms with Crippen molar-refractivity contribution in [3.8, 4) is 5.75 Å². The van der Waals surface area contributed by atoms with Crippen LogP contribution >= 0.6 is 0 Å². The molecule has 9 heteroatoms. The van der Waals surface area contributed by atoms with Crippen LogP contribution in [0.3, 0.4) is 0 Å². The van der Waals surface area contributed by atoms with Gasteiger partial charge >= 0.3 is 5.97 Å². The van der Waals surface area contributed by atoms with Crippen molar-refractivity contribution in [3.63, 3.8) is 0 Å². The average molecular weight is 447 g/mol. The SMILES string of the molecule is COc1ccc(NC(=O)[C@@H](OC(=O)C2CCN(S(C)(=O)=O)CC2)c2ccccc2)cc1. The van der Waals surface area contributed by atoms with Crippen LogP contribution in [0, 0.1) is 5.92 Å². The number of nitrogens with zero attached hydrogens (tertiary/aromatic N) is 1. The monoisotopic (exact) mass is 446 g/mol. The van der Waals surface area contributed by atoms with E-state index in [2.05, 4.69) is 5.32 Å². The standard InChI is InChI=1S/C22H26N2O6S/c1-29-19-10-8-18(9-11-19)23-21(25)20(16-6-4-3-5-7-16)30-22(26)17-12-14-24(15-13-17)31(2,27)28/h3-11,17,20H,12-15H2,1-2H3,(H,23,25)/t20-/m0/s1. The number of ether oxygens (including phenoxy) is 2. The summed E-state index contributed by atoms with van der Waals surface area (Å²) >= 11 is 0. The minimum atomic E-state index is -3.29. The van der Waals surface area contributed by atoms with Crippen molar-refractivity contribution in [1.82, 2.24) is 4.31 Å². The van der Waals surface area contributed by atoms with Crippen LogP contribution in [0.15, 0.2) is 54.6 Å². The highest BCUT2D eigenvalue weighted by Crippen LogP contribution is 2.26. The second-order valence-corrected chi connectivity index (χ2v) is 9.36. The zero-order valence-electron chi connectivity index (χ0n) is 17.5. The maximum absolute atomic E-state index is 13.0. The van der Waals surface area contributed by atoms with Crippen molar-refractivity contribution < 1.29 is 27.5 Å². The van der Waals surface area contributed by atoms with Crippen LogP contribution in [-0.4, -0.2) is 51.1 Å². The third-order valence-electron chi connectivity index (χ3n) is 5.19. The number of anilines is 1. The molecule has 1 N–H and O–H groups in total. The summed E-state index contributed by atoms with van der Waals surface area (Å²) in [5, 5.41) is 2.77. The van der Waals surface area contributed by atoms with E-state index in [9.17, 15) is 18.0 Å². The Morgan fingerprint density at radius 2 is 1.65 bits per heavy atom. The van der Waals surface area contributed by atoms with Crippen LogP contribution in [0.4, 0.5) is 5.69 Å². The lowest BCUT2D eigenvalue weighted by atomic mass is 9.98. The van der Waals surface area contributed by atoms with Crippen LogP contribution in [0.2, 0.25) is 0 Å². The van der Waals surface area contributed by atoms with E-state index in [0.717, 1.165) is 6.26 Å². The van der Waals surface area contributed by atoms with Gasteiger partial charge in [-0.05, 0) is 37.1 Å². The van der Waals surface area contributed by atoms with Gasteiger partial charge in [-0.1, -0.05) is 30.3 Å². The number of piperidine rings is 1. The molecular formula is C22H26N2O6S. The van der Waals surface area contributed by atoms with E-state index >= 15 is 0 Å². The van der Waals surface area contributed by atoms with Gasteiger partial charge in [0.2, 0.25) is 16.1 Å². The summed E-state index contributed by atoms with van der Waals surface area (Å²) in [4.78, 5) is 25.8. The van der Waals surface area contributed by atoms with Crippen molar-refractivity contribution >= 4 is 27.6 Å². The Bertz CT molecular complexity index is 1000. The molecule has 1 fully saturated rings. The van der Waals surface area contributed by atoms with Crippen LogP contribution < -0.4 is 10.1 Å². The fourth-order valence-corrected chi connectivity index (χ4v) is 4.29. The van der Waals surface area contributed by atoms with E-state index in [1.54, 1.807) is 55.6 Å². The first-order chi connectivity index (χ1) is 14.8. The Kier molecular flexibility index (Phi) is 7.29. The number of esters is 1. The third kappa shape index (κ3) is 6.05. The van der Waals surface area contributed by atoms with Crippen LogP contribution in [0.25, 0.3) is 0 Å². The maximum atomic E-state index is 13.0. The fraction of sp³-hybridized carbons (Fsp3) is 0.364. The Labute approximate surface area is 182 Å². The maximum Gasteiger partial charge on any atom is 0.310 e. The van der Waals surface area contributed by atoms with Gasteiger partial charge in [-0.2, -0.15) is 0 Å². The number of carbonyl (C=O) groups excluding carboxylic acids is 2. The second-order valence-electron chi connectivity index (χ2n) is 7.38. The summed E-state index contributed by atoms with van der Waals surface area (Å²) in [6.07, 6.45) is 0.741. The molecule has 31 heavy (non-hydrogen) atoms. The molecule has 0 unspecified atom stereocenters. The number of hydrogen-bond donors (Lipinski definition) is 1. The van der Waals surface area contributed by atoms with E-state index in [1.165, 1.54) is 4.31 Å². The number of amides is 1. The van der Waals surface area contributed by atoms with E-state index in [0.29, 0.717) is 29.8 Å². The van der Waals surface area contributed by atoms with Gasteiger partial charge in [0, 0.05) is 24.3 Å². The third-order valence-corrected chi connectivity index (χ3v) is 6.49. The minimum Gasteiger partial charge on any atom is -0.497 e. The quantitative estimate of drug-likeness (QED) is 0.656. The Hall–Kier alpha value is -2.91. The lowest BCUT2D eigenvalue weighted by molar-refractivity contribution is -0.160. The van der Waals surface area contributed by atoms with E-state index in [-0.39, 0.29) is 13.1 Å². The molecule has 1 atom stereocenters. The first kappa shape index (κ1) is 22.8. The molecule has 0 spiro atoms. The number of benzene rings is 2. The highest BCUT2D eigenvalue weighted by atomic mass is 32.2. The fourth-order valence-electron chi connectivity index (χ4n) is 3.42. The van der Waals surface area contributed by atoms with Gasteiger partial charge in [-0.3, -0.25) is 9.59 Å². The van der Waals surface area contributed by atoms with Crippen LogP contribution in [0.1, 0.15) is 24.5 Å². The van der Waals surface area contributed by atoms with Crippen molar-refractivity contribution in [1.29, 1.82) is 0 Å². The molecule has 1 amide bonds. The van der Waals surface area contributed by atoms with Crippen molar-refractivity contribution in [2.75, 3.05) is 31.8 Å². The van der Waals surface area contributed by atoms with Gasteiger partial charge in [-0.15, -0.1) is 0 Å². The van der Waals surface area contributed by atoms with Crippen molar-refractivity contribution in [2.45, 2.75) is 18.9 Å². The Morgan fingerprint density at radius 3 is 2.19 bits per heavy atom. The van der Waals surface area contributed by atoms with Crippen molar-refractivity contribution in [2.24, 2.45) is 5.92 Å². The first-order valence-corrected chi connectivity index (χ1v) is 11.8. The van der Waals surface area contributed by atoms with E-state index < -0.39 is 33.9 Å². The number of rotatable bonds is 7. The molecule has 2 aromatic carbocycles. The summed E-state index contributed by atoms with van der Waals surface area (Å²) in [6.45, 7) is 0.513. The molecule has 1 saturated heterocycles. The molecule has 3 rings (SSSR count). The lowest BCUT2D eigenvalue weighted by Crippen LogP contribution is -2.40. The predicted octanol–water partition coefficient (Wildman–Crippen LogP) is 2.59. The van der Waals surface area contributed by atoms with E-state index in [4.69, 9.17) is 9.47 Å². The molecule has 2 aromatic rings. The smallest absolute Gasteiger partial charge is 0.310 e. The molecule has 0 bridgehead atoms. The molecule has 0 radical (unpaired) electrons. The van der Waals surface area contributed by atoms with Crippen LogP contribution in [-0.2, 0) is 24.3 Å². The zero-order valence-corrected chi connectivity index (χ0v) is 18.3. The zero-order chi connectivity index (χ0) is 22.4. The first-order valence-electron chi connectivity index (χ1n) is 9.93. The van der Waals surface area contributed by atoms with Crippen molar-refractivity contribution in [3.05, 3.63) is 60.2 Å². The van der Waals surface area contributed by atoms with Gasteiger partial charge in [0.15, 0.2) is 0 Å². The number of nitrogens with one attached hydrogen (secondary N) is 1.